The zero-order valence-corrected chi connectivity index (χ0v) is 19.5. The van der Waals surface area contributed by atoms with Crippen LogP contribution in [0.5, 0.6) is 0 Å². The van der Waals surface area contributed by atoms with Crippen molar-refractivity contribution in [3.05, 3.63) is 0 Å². The van der Waals surface area contributed by atoms with Gasteiger partial charge in [0.1, 0.15) is 0 Å². The molecule has 2 saturated heterocycles. The van der Waals surface area contributed by atoms with Gasteiger partial charge in [0.15, 0.2) is 5.96 Å². The number of hydrogen-bond acceptors (Lipinski definition) is 3. The highest BCUT2D eigenvalue weighted by Gasteiger charge is 2.41. The molecule has 152 valence electrons. The number of likely N-dealkylation sites (N-methyl/N-ethyl adjacent to an activating group) is 1. The maximum absolute atomic E-state index is 5.04. The minimum atomic E-state index is 0. The number of rotatable bonds is 5. The fourth-order valence-electron chi connectivity index (χ4n) is 4.93. The normalized spacial score (nSPS) is 25.5. The molecule has 0 aromatic rings. The number of hydrogen-bond donors (Lipinski definition) is 1. The van der Waals surface area contributed by atoms with Crippen molar-refractivity contribution in [2.45, 2.75) is 58.9 Å². The molecule has 1 saturated carbocycles. The monoisotopic (exact) mass is 477 g/mol. The molecule has 1 aliphatic carbocycles. The molecule has 3 aliphatic rings. The van der Waals surface area contributed by atoms with Gasteiger partial charge < -0.3 is 15.1 Å². The SMILES string of the molecule is CCNC(=NCC(C)N1CCN(CC)CC1)N1CCC2(CCCC2)C1.I. The van der Waals surface area contributed by atoms with Crippen molar-refractivity contribution in [1.82, 2.24) is 20.0 Å². The maximum Gasteiger partial charge on any atom is 0.193 e. The summed E-state index contributed by atoms with van der Waals surface area (Å²) < 4.78 is 0. The summed E-state index contributed by atoms with van der Waals surface area (Å²) in [6.45, 7) is 17.1. The van der Waals surface area contributed by atoms with Crippen LogP contribution < -0.4 is 5.32 Å². The van der Waals surface area contributed by atoms with E-state index < -0.39 is 0 Å². The topological polar surface area (TPSA) is 34.1 Å². The molecule has 5 nitrogen and oxygen atoms in total. The summed E-state index contributed by atoms with van der Waals surface area (Å²) >= 11 is 0. The van der Waals surface area contributed by atoms with Crippen LogP contribution in [0, 0.1) is 5.41 Å². The minimum absolute atomic E-state index is 0. The molecule has 2 heterocycles. The molecule has 1 atom stereocenters. The Bertz CT molecular complexity index is 441. The first-order chi connectivity index (χ1) is 12.2. The van der Waals surface area contributed by atoms with Crippen LogP contribution in [0.3, 0.4) is 0 Å². The third-order valence-electron chi connectivity index (χ3n) is 6.72. The summed E-state index contributed by atoms with van der Waals surface area (Å²) in [5, 5.41) is 3.55. The summed E-state index contributed by atoms with van der Waals surface area (Å²) in [4.78, 5) is 12.7. The van der Waals surface area contributed by atoms with Crippen LogP contribution in [-0.4, -0.2) is 85.6 Å². The van der Waals surface area contributed by atoms with Crippen molar-refractivity contribution in [1.29, 1.82) is 0 Å². The van der Waals surface area contributed by atoms with Crippen LogP contribution >= 0.6 is 24.0 Å². The fourth-order valence-corrected chi connectivity index (χ4v) is 4.93. The van der Waals surface area contributed by atoms with Crippen molar-refractivity contribution >= 4 is 29.9 Å². The summed E-state index contributed by atoms with van der Waals surface area (Å²) in [6.07, 6.45) is 7.10. The highest BCUT2D eigenvalue weighted by atomic mass is 127. The lowest BCUT2D eigenvalue weighted by atomic mass is 9.86. The lowest BCUT2D eigenvalue weighted by Crippen LogP contribution is -2.50. The van der Waals surface area contributed by atoms with Gasteiger partial charge in [-0.3, -0.25) is 9.89 Å². The van der Waals surface area contributed by atoms with Gasteiger partial charge in [-0.05, 0) is 45.1 Å². The molecule has 6 heteroatoms. The average molecular weight is 477 g/mol. The molecule has 26 heavy (non-hydrogen) atoms. The van der Waals surface area contributed by atoms with E-state index in [-0.39, 0.29) is 24.0 Å². The Morgan fingerprint density at radius 1 is 1.04 bits per heavy atom. The largest absolute Gasteiger partial charge is 0.357 e. The van der Waals surface area contributed by atoms with Crippen molar-refractivity contribution in [3.63, 3.8) is 0 Å². The number of nitrogens with one attached hydrogen (secondary N) is 1. The second-order valence-corrected chi connectivity index (χ2v) is 8.39. The fraction of sp³-hybridized carbons (Fsp3) is 0.950. The summed E-state index contributed by atoms with van der Waals surface area (Å²) in [5.74, 6) is 1.16. The van der Waals surface area contributed by atoms with Gasteiger partial charge in [-0.1, -0.05) is 19.8 Å². The molecular formula is C20H40IN5. The van der Waals surface area contributed by atoms with Gasteiger partial charge >= 0.3 is 0 Å². The lowest BCUT2D eigenvalue weighted by Gasteiger charge is -2.37. The smallest absolute Gasteiger partial charge is 0.193 e. The number of guanidine groups is 1. The maximum atomic E-state index is 5.04. The van der Waals surface area contributed by atoms with Gasteiger partial charge in [-0.15, -0.1) is 24.0 Å². The first kappa shape index (κ1) is 22.2. The molecule has 0 aromatic carbocycles. The van der Waals surface area contributed by atoms with E-state index in [4.69, 9.17) is 4.99 Å². The van der Waals surface area contributed by atoms with Crippen molar-refractivity contribution in [2.75, 3.05) is 58.9 Å². The van der Waals surface area contributed by atoms with E-state index in [0.717, 1.165) is 19.0 Å². The Kier molecular flexibility index (Phi) is 8.94. The molecule has 3 rings (SSSR count). The molecule has 0 aromatic heterocycles. The Balaban J connectivity index is 0.00000243. The highest BCUT2D eigenvalue weighted by Crippen LogP contribution is 2.45. The van der Waals surface area contributed by atoms with E-state index in [2.05, 4.69) is 40.8 Å². The van der Waals surface area contributed by atoms with E-state index in [9.17, 15) is 0 Å². The number of piperazine rings is 1. The molecule has 0 radical (unpaired) electrons. The van der Waals surface area contributed by atoms with Gasteiger partial charge in [0, 0.05) is 51.9 Å². The van der Waals surface area contributed by atoms with Crippen LogP contribution in [-0.2, 0) is 0 Å². The number of likely N-dealkylation sites (tertiary alicyclic amines) is 1. The Hall–Kier alpha value is -0.0800. The first-order valence-electron chi connectivity index (χ1n) is 10.7. The van der Waals surface area contributed by atoms with Crippen LogP contribution in [0.25, 0.3) is 0 Å². The predicted molar refractivity (Wildman–Crippen MR) is 122 cm³/mol. The Morgan fingerprint density at radius 3 is 2.35 bits per heavy atom. The molecule has 2 aliphatic heterocycles. The zero-order chi connectivity index (χ0) is 17.7. The van der Waals surface area contributed by atoms with Gasteiger partial charge in [0.05, 0.1) is 6.54 Å². The minimum Gasteiger partial charge on any atom is -0.357 e. The molecule has 0 bridgehead atoms. The number of nitrogens with zero attached hydrogens (tertiary/aromatic N) is 4. The average Bonchev–Trinajstić information content (AvgIpc) is 3.28. The molecular weight excluding hydrogens is 437 g/mol. The van der Waals surface area contributed by atoms with Crippen LogP contribution in [0.1, 0.15) is 52.9 Å². The predicted octanol–water partition coefficient (Wildman–Crippen LogP) is 2.86. The molecule has 1 N–H and O–H groups in total. The number of halogens is 1. The summed E-state index contributed by atoms with van der Waals surface area (Å²) in [5.41, 5.74) is 0.609. The lowest BCUT2D eigenvalue weighted by molar-refractivity contribution is 0.109. The van der Waals surface area contributed by atoms with Crippen LogP contribution in [0.2, 0.25) is 0 Å². The quantitative estimate of drug-likeness (QED) is 0.375. The van der Waals surface area contributed by atoms with Gasteiger partial charge in [-0.2, -0.15) is 0 Å². The van der Waals surface area contributed by atoms with E-state index in [1.165, 1.54) is 77.9 Å². The van der Waals surface area contributed by atoms with Gasteiger partial charge in [-0.25, -0.2) is 0 Å². The molecule has 3 fully saturated rings. The van der Waals surface area contributed by atoms with E-state index in [0.29, 0.717) is 11.5 Å². The molecule has 0 amide bonds. The van der Waals surface area contributed by atoms with Crippen LogP contribution in [0.15, 0.2) is 4.99 Å². The highest BCUT2D eigenvalue weighted by molar-refractivity contribution is 14.0. The molecule has 1 spiro atoms. The van der Waals surface area contributed by atoms with Crippen molar-refractivity contribution in [3.8, 4) is 0 Å². The van der Waals surface area contributed by atoms with Crippen molar-refractivity contribution in [2.24, 2.45) is 10.4 Å². The summed E-state index contributed by atoms with van der Waals surface area (Å²) in [6, 6.07) is 0.538. The summed E-state index contributed by atoms with van der Waals surface area (Å²) in [7, 11) is 0. The van der Waals surface area contributed by atoms with Crippen LogP contribution in [0.4, 0.5) is 0 Å². The van der Waals surface area contributed by atoms with E-state index in [1.54, 1.807) is 0 Å². The number of aliphatic imine (C=N–C) groups is 1. The third-order valence-corrected chi connectivity index (χ3v) is 6.72. The Labute approximate surface area is 178 Å². The van der Waals surface area contributed by atoms with Gasteiger partial charge in [0.25, 0.3) is 0 Å². The second-order valence-electron chi connectivity index (χ2n) is 8.39. The van der Waals surface area contributed by atoms with Crippen molar-refractivity contribution < 1.29 is 0 Å². The van der Waals surface area contributed by atoms with E-state index in [1.807, 2.05) is 0 Å². The standard InChI is InChI=1S/C20H39N5.HI/c1-4-21-19(25-11-10-20(17-25)8-6-7-9-20)22-16-18(3)24-14-12-23(5-2)13-15-24;/h18H,4-17H2,1-3H3,(H,21,22);1H. The van der Waals surface area contributed by atoms with Gasteiger partial charge in [0.2, 0.25) is 0 Å². The third kappa shape index (κ3) is 5.47. The van der Waals surface area contributed by atoms with E-state index >= 15 is 0 Å². The Morgan fingerprint density at radius 2 is 1.73 bits per heavy atom. The molecule has 1 unspecified atom stereocenters. The zero-order valence-electron chi connectivity index (χ0n) is 17.2. The first-order valence-corrected chi connectivity index (χ1v) is 10.7. The second kappa shape index (κ2) is 10.5.